The summed E-state index contributed by atoms with van der Waals surface area (Å²) in [4.78, 5) is 22.4. The van der Waals surface area contributed by atoms with Gasteiger partial charge in [-0.05, 0) is 12.3 Å². The lowest BCUT2D eigenvalue weighted by Crippen LogP contribution is -2.09. The molecule has 154 valence electrons. The van der Waals surface area contributed by atoms with Crippen LogP contribution in [0.3, 0.4) is 0 Å². The summed E-state index contributed by atoms with van der Waals surface area (Å²) in [6.07, 6.45) is 21.1. The van der Waals surface area contributed by atoms with Crippen LogP contribution in [0.2, 0.25) is 0 Å². The number of carbonyl (C=O) groups is 2. The van der Waals surface area contributed by atoms with Crippen LogP contribution >= 0.6 is 0 Å². The van der Waals surface area contributed by atoms with Gasteiger partial charge in [-0.15, -0.1) is 0 Å². The van der Waals surface area contributed by atoms with E-state index in [1.54, 1.807) is 0 Å². The van der Waals surface area contributed by atoms with Crippen LogP contribution in [-0.4, -0.2) is 16.9 Å². The summed E-state index contributed by atoms with van der Waals surface area (Å²) in [6.45, 7) is 4.11. The van der Waals surface area contributed by atoms with Crippen molar-refractivity contribution >= 4 is 11.8 Å². The average molecular weight is 369 g/mol. The van der Waals surface area contributed by atoms with Crippen molar-refractivity contribution in [2.24, 2.45) is 5.92 Å². The maximum absolute atomic E-state index is 11.8. The predicted octanol–water partition coefficient (Wildman–Crippen LogP) is 7.32. The standard InChI is InChI=1S/C23H44O3/c1-3-4-5-6-7-8-9-10-11-12-13-14-15-16-17-18-22(24)19-21(2)20-23(25)26/h21H,3-20H2,1-2H3,(H,25,26)/t21-/m0/s1. The van der Waals surface area contributed by atoms with Crippen molar-refractivity contribution in [1.29, 1.82) is 0 Å². The largest absolute Gasteiger partial charge is 0.481 e. The summed E-state index contributed by atoms with van der Waals surface area (Å²) in [7, 11) is 0. The number of carbonyl (C=O) groups excluding carboxylic acids is 1. The number of rotatable bonds is 20. The van der Waals surface area contributed by atoms with E-state index >= 15 is 0 Å². The lowest BCUT2D eigenvalue weighted by molar-refractivity contribution is -0.138. The van der Waals surface area contributed by atoms with E-state index in [0.29, 0.717) is 12.8 Å². The Labute approximate surface area is 162 Å². The quantitative estimate of drug-likeness (QED) is 0.229. The van der Waals surface area contributed by atoms with Gasteiger partial charge < -0.3 is 5.11 Å². The summed E-state index contributed by atoms with van der Waals surface area (Å²) in [5.74, 6) is -0.609. The summed E-state index contributed by atoms with van der Waals surface area (Å²) >= 11 is 0. The lowest BCUT2D eigenvalue weighted by atomic mass is 9.98. The van der Waals surface area contributed by atoms with Crippen molar-refractivity contribution in [1.82, 2.24) is 0 Å². The second kappa shape index (κ2) is 18.9. The maximum Gasteiger partial charge on any atom is 0.303 e. The normalized spacial score (nSPS) is 12.2. The Kier molecular flexibility index (Phi) is 18.3. The monoisotopic (exact) mass is 368 g/mol. The Hall–Kier alpha value is -0.860. The van der Waals surface area contributed by atoms with E-state index in [2.05, 4.69) is 6.92 Å². The average Bonchev–Trinajstić information content (AvgIpc) is 2.57. The molecule has 0 heterocycles. The summed E-state index contributed by atoms with van der Waals surface area (Å²) in [5.41, 5.74) is 0. The van der Waals surface area contributed by atoms with E-state index in [0.717, 1.165) is 12.8 Å². The minimum absolute atomic E-state index is 0.0312. The Balaban J connectivity index is 3.21. The first-order valence-electron chi connectivity index (χ1n) is 11.3. The topological polar surface area (TPSA) is 54.4 Å². The third-order valence-corrected chi connectivity index (χ3v) is 5.16. The summed E-state index contributed by atoms with van der Waals surface area (Å²) in [6, 6.07) is 0. The molecule has 0 rings (SSSR count). The molecule has 0 spiro atoms. The lowest BCUT2D eigenvalue weighted by Gasteiger charge is -2.07. The molecule has 1 N–H and O–H groups in total. The van der Waals surface area contributed by atoms with Gasteiger partial charge in [0.05, 0.1) is 0 Å². The third-order valence-electron chi connectivity index (χ3n) is 5.16. The van der Waals surface area contributed by atoms with Crippen LogP contribution in [-0.2, 0) is 9.59 Å². The zero-order valence-corrected chi connectivity index (χ0v) is 17.6. The van der Waals surface area contributed by atoms with Crippen molar-refractivity contribution in [2.45, 2.75) is 129 Å². The van der Waals surface area contributed by atoms with E-state index in [9.17, 15) is 9.59 Å². The number of Topliss-reactive ketones (excluding diaryl/α,β-unsaturated/α-hetero) is 1. The highest BCUT2D eigenvalue weighted by atomic mass is 16.4. The van der Waals surface area contributed by atoms with Gasteiger partial charge in [-0.3, -0.25) is 9.59 Å². The predicted molar refractivity (Wildman–Crippen MR) is 111 cm³/mol. The molecule has 1 atom stereocenters. The number of hydrogen-bond donors (Lipinski definition) is 1. The van der Waals surface area contributed by atoms with E-state index < -0.39 is 5.97 Å². The molecule has 0 fully saturated rings. The van der Waals surface area contributed by atoms with Crippen LogP contribution in [0.1, 0.15) is 129 Å². The molecule has 0 aromatic rings. The number of carboxylic acid groups (broad SMARTS) is 1. The van der Waals surface area contributed by atoms with Crippen molar-refractivity contribution < 1.29 is 14.7 Å². The Morgan fingerprint density at radius 2 is 1.04 bits per heavy atom. The van der Waals surface area contributed by atoms with Crippen molar-refractivity contribution in [2.75, 3.05) is 0 Å². The highest BCUT2D eigenvalue weighted by molar-refractivity contribution is 5.79. The molecule has 0 aliphatic rings. The molecule has 26 heavy (non-hydrogen) atoms. The second-order valence-electron chi connectivity index (χ2n) is 8.15. The smallest absolute Gasteiger partial charge is 0.303 e. The first kappa shape index (κ1) is 25.1. The zero-order valence-electron chi connectivity index (χ0n) is 17.6. The van der Waals surface area contributed by atoms with Gasteiger partial charge in [-0.2, -0.15) is 0 Å². The molecule has 0 aromatic heterocycles. The van der Waals surface area contributed by atoms with Crippen molar-refractivity contribution in [3.05, 3.63) is 0 Å². The van der Waals surface area contributed by atoms with Crippen LogP contribution in [0.4, 0.5) is 0 Å². The Morgan fingerprint density at radius 3 is 1.42 bits per heavy atom. The number of unbranched alkanes of at least 4 members (excludes halogenated alkanes) is 14. The fraction of sp³-hybridized carbons (Fsp3) is 0.913. The number of carboxylic acids is 1. The molecule has 0 aliphatic carbocycles. The molecular formula is C23H44O3. The minimum atomic E-state index is -0.808. The summed E-state index contributed by atoms with van der Waals surface area (Å²) in [5, 5.41) is 8.70. The fourth-order valence-corrected chi connectivity index (χ4v) is 3.55. The van der Waals surface area contributed by atoms with Gasteiger partial charge in [-0.1, -0.05) is 104 Å². The van der Waals surface area contributed by atoms with E-state index in [-0.39, 0.29) is 18.1 Å². The van der Waals surface area contributed by atoms with Crippen LogP contribution in [0, 0.1) is 5.92 Å². The van der Waals surface area contributed by atoms with E-state index in [1.807, 2.05) is 6.92 Å². The van der Waals surface area contributed by atoms with Crippen LogP contribution < -0.4 is 0 Å². The van der Waals surface area contributed by atoms with Crippen LogP contribution in [0.5, 0.6) is 0 Å². The van der Waals surface area contributed by atoms with Gasteiger partial charge in [0.1, 0.15) is 5.78 Å². The van der Waals surface area contributed by atoms with Crippen LogP contribution in [0.25, 0.3) is 0 Å². The van der Waals surface area contributed by atoms with Gasteiger partial charge in [-0.25, -0.2) is 0 Å². The summed E-state index contributed by atoms with van der Waals surface area (Å²) < 4.78 is 0. The maximum atomic E-state index is 11.8. The molecule has 0 aliphatic heterocycles. The molecule has 0 amide bonds. The molecular weight excluding hydrogens is 324 g/mol. The van der Waals surface area contributed by atoms with Gasteiger partial charge in [0.2, 0.25) is 0 Å². The first-order valence-corrected chi connectivity index (χ1v) is 11.3. The Morgan fingerprint density at radius 1 is 0.654 bits per heavy atom. The number of ketones is 1. The molecule has 0 unspecified atom stereocenters. The SMILES string of the molecule is CCCCCCCCCCCCCCCCCC(=O)C[C@H](C)CC(=O)O. The number of aliphatic carboxylic acids is 1. The zero-order chi connectivity index (χ0) is 19.5. The molecule has 0 saturated heterocycles. The minimum Gasteiger partial charge on any atom is -0.481 e. The molecule has 0 aromatic carbocycles. The highest BCUT2D eigenvalue weighted by Crippen LogP contribution is 2.15. The molecule has 3 nitrogen and oxygen atoms in total. The van der Waals surface area contributed by atoms with Crippen LogP contribution in [0.15, 0.2) is 0 Å². The molecule has 0 radical (unpaired) electrons. The molecule has 0 bridgehead atoms. The van der Waals surface area contributed by atoms with E-state index in [4.69, 9.17) is 5.11 Å². The Bertz CT molecular complexity index is 338. The molecule has 3 heteroatoms. The third kappa shape index (κ3) is 19.5. The van der Waals surface area contributed by atoms with Gasteiger partial charge in [0, 0.05) is 19.3 Å². The fourth-order valence-electron chi connectivity index (χ4n) is 3.55. The van der Waals surface area contributed by atoms with E-state index in [1.165, 1.54) is 83.5 Å². The van der Waals surface area contributed by atoms with Gasteiger partial charge in [0.25, 0.3) is 0 Å². The van der Waals surface area contributed by atoms with Gasteiger partial charge in [0.15, 0.2) is 0 Å². The van der Waals surface area contributed by atoms with Crippen molar-refractivity contribution in [3.63, 3.8) is 0 Å². The highest BCUT2D eigenvalue weighted by Gasteiger charge is 2.12. The number of hydrogen-bond acceptors (Lipinski definition) is 2. The second-order valence-corrected chi connectivity index (χ2v) is 8.15. The van der Waals surface area contributed by atoms with Gasteiger partial charge >= 0.3 is 5.97 Å². The first-order chi connectivity index (χ1) is 12.6. The molecule has 0 saturated carbocycles. The van der Waals surface area contributed by atoms with Crippen molar-refractivity contribution in [3.8, 4) is 0 Å².